The van der Waals surface area contributed by atoms with Crippen LogP contribution < -0.4 is 15.8 Å². The number of nitrogens with two attached hydrogens (primary N) is 1. The molecule has 10 heteroatoms. The predicted octanol–water partition coefficient (Wildman–Crippen LogP) is 3.33. The molecule has 10 nitrogen and oxygen atoms in total. The summed E-state index contributed by atoms with van der Waals surface area (Å²) in [5.74, 6) is 2.51. The second-order valence-electron chi connectivity index (χ2n) is 8.30. The van der Waals surface area contributed by atoms with Crippen molar-refractivity contribution in [2.75, 3.05) is 31.9 Å². The van der Waals surface area contributed by atoms with E-state index in [0.29, 0.717) is 25.3 Å². The molecule has 0 aliphatic rings. The number of benzene rings is 1. The number of nitrogen functional groups attached to an aromatic ring is 1. The summed E-state index contributed by atoms with van der Waals surface area (Å²) in [5, 5.41) is 17.9. The minimum absolute atomic E-state index is 0.240. The molecule has 0 bridgehead atoms. The van der Waals surface area contributed by atoms with Crippen molar-refractivity contribution in [1.29, 1.82) is 0 Å². The van der Waals surface area contributed by atoms with Gasteiger partial charge in [-0.2, -0.15) is 10.2 Å². The van der Waals surface area contributed by atoms with Gasteiger partial charge in [0.05, 0.1) is 12.8 Å². The average molecular weight is 469 g/mol. The highest BCUT2D eigenvalue weighted by Crippen LogP contribution is 2.29. The molecule has 0 spiro atoms. The molecule has 34 heavy (non-hydrogen) atoms. The number of nitrogens with zero attached hydrogens (tertiary/aromatic N) is 5. The fraction of sp³-hybridized carbons (Fsp3) is 0.542. The maximum Gasteiger partial charge on any atom is 0.222 e. The smallest absolute Gasteiger partial charge is 0.222 e. The number of aromatic nitrogens is 6. The van der Waals surface area contributed by atoms with E-state index in [2.05, 4.69) is 55.8 Å². The average Bonchev–Trinajstić information content (AvgIpc) is 3.35. The first-order chi connectivity index (χ1) is 16.6. The number of aromatic amines is 1. The summed E-state index contributed by atoms with van der Waals surface area (Å²) < 4.78 is 11.0. The zero-order valence-electron chi connectivity index (χ0n) is 20.6. The van der Waals surface area contributed by atoms with Crippen molar-refractivity contribution in [2.45, 2.75) is 64.8 Å². The molecule has 0 fully saturated rings. The van der Waals surface area contributed by atoms with Crippen LogP contribution in [-0.2, 0) is 24.0 Å². The van der Waals surface area contributed by atoms with Gasteiger partial charge in [-0.15, -0.1) is 10.2 Å². The van der Waals surface area contributed by atoms with E-state index in [1.165, 1.54) is 0 Å². The van der Waals surface area contributed by atoms with E-state index in [-0.39, 0.29) is 12.0 Å². The van der Waals surface area contributed by atoms with Crippen LogP contribution in [0.5, 0.6) is 5.75 Å². The standard InChI is InChI=1S/C24H36N8O2/c1-5-7-8-18(11-12-33-3)26-23-19(20(6-2)27-24(25)28-23)15-17-13-16(9-10-21(17)34-4)14-22-29-31-32-30-22/h9-10,13,18H,5-8,11-12,14-15H2,1-4H3,(H3,25,26,27,28)(H,29,30,31,32)/t18-/m0/s1. The Balaban J connectivity index is 1.95. The number of unbranched alkanes of at least 4 members (excludes halogenated alkanes) is 1. The van der Waals surface area contributed by atoms with Gasteiger partial charge in [0, 0.05) is 38.2 Å². The maximum absolute atomic E-state index is 6.09. The molecule has 2 heterocycles. The minimum Gasteiger partial charge on any atom is -0.496 e. The van der Waals surface area contributed by atoms with Crippen LogP contribution >= 0.6 is 0 Å². The van der Waals surface area contributed by atoms with Crippen LogP contribution in [-0.4, -0.2) is 57.5 Å². The summed E-state index contributed by atoms with van der Waals surface area (Å²) >= 11 is 0. The zero-order chi connectivity index (χ0) is 24.3. The first-order valence-corrected chi connectivity index (χ1v) is 11.9. The molecular weight excluding hydrogens is 432 g/mol. The number of anilines is 2. The van der Waals surface area contributed by atoms with Crippen molar-refractivity contribution in [1.82, 2.24) is 30.6 Å². The van der Waals surface area contributed by atoms with Gasteiger partial charge in [-0.3, -0.25) is 0 Å². The van der Waals surface area contributed by atoms with Crippen LogP contribution in [0.2, 0.25) is 0 Å². The summed E-state index contributed by atoms with van der Waals surface area (Å²) in [7, 11) is 3.41. The quantitative estimate of drug-likeness (QED) is 0.325. The van der Waals surface area contributed by atoms with E-state index in [9.17, 15) is 0 Å². The monoisotopic (exact) mass is 468 g/mol. The van der Waals surface area contributed by atoms with Crippen molar-refractivity contribution < 1.29 is 9.47 Å². The van der Waals surface area contributed by atoms with E-state index in [0.717, 1.165) is 66.1 Å². The zero-order valence-corrected chi connectivity index (χ0v) is 20.6. The topological polar surface area (TPSA) is 137 Å². The second kappa shape index (κ2) is 12.8. The van der Waals surface area contributed by atoms with Crippen LogP contribution in [0.4, 0.5) is 11.8 Å². The van der Waals surface area contributed by atoms with E-state index < -0.39 is 0 Å². The number of rotatable bonds is 14. The van der Waals surface area contributed by atoms with Crippen molar-refractivity contribution in [3.63, 3.8) is 0 Å². The lowest BCUT2D eigenvalue weighted by molar-refractivity contribution is 0.188. The summed E-state index contributed by atoms with van der Waals surface area (Å²) in [4.78, 5) is 9.16. The lowest BCUT2D eigenvalue weighted by atomic mass is 9.98. The molecule has 0 amide bonds. The van der Waals surface area contributed by atoms with Crippen LogP contribution in [0.3, 0.4) is 0 Å². The highest BCUT2D eigenvalue weighted by atomic mass is 16.5. The third-order valence-electron chi connectivity index (χ3n) is 5.83. The first kappa shape index (κ1) is 25.4. The van der Waals surface area contributed by atoms with Gasteiger partial charge in [-0.25, -0.2) is 4.98 Å². The summed E-state index contributed by atoms with van der Waals surface area (Å²) in [6.45, 7) is 4.97. The number of H-pyrrole nitrogens is 1. The van der Waals surface area contributed by atoms with Crippen LogP contribution in [0, 0.1) is 0 Å². The number of ether oxygens (including phenoxy) is 2. The Labute approximate surface area is 201 Å². The van der Waals surface area contributed by atoms with Gasteiger partial charge in [-0.05, 0) is 36.5 Å². The molecule has 1 atom stereocenters. The Morgan fingerprint density at radius 1 is 1.12 bits per heavy atom. The normalized spacial score (nSPS) is 12.0. The number of aryl methyl sites for hydroxylation is 1. The van der Waals surface area contributed by atoms with Gasteiger partial charge in [0.2, 0.25) is 5.95 Å². The predicted molar refractivity (Wildman–Crippen MR) is 132 cm³/mol. The van der Waals surface area contributed by atoms with Crippen LogP contribution in [0.25, 0.3) is 0 Å². The third kappa shape index (κ3) is 6.86. The van der Waals surface area contributed by atoms with Crippen molar-refractivity contribution >= 4 is 11.8 Å². The highest BCUT2D eigenvalue weighted by molar-refractivity contribution is 5.54. The van der Waals surface area contributed by atoms with Gasteiger partial charge in [0.1, 0.15) is 11.6 Å². The van der Waals surface area contributed by atoms with E-state index in [1.54, 1.807) is 14.2 Å². The summed E-state index contributed by atoms with van der Waals surface area (Å²) in [6.07, 6.45) is 6.13. The fourth-order valence-electron chi connectivity index (χ4n) is 4.05. The van der Waals surface area contributed by atoms with Crippen LogP contribution in [0.15, 0.2) is 18.2 Å². The van der Waals surface area contributed by atoms with Crippen LogP contribution in [0.1, 0.15) is 67.7 Å². The number of hydrogen-bond donors (Lipinski definition) is 3. The van der Waals surface area contributed by atoms with E-state index in [1.807, 2.05) is 12.1 Å². The Morgan fingerprint density at radius 2 is 1.97 bits per heavy atom. The Hall–Kier alpha value is -3.27. The maximum atomic E-state index is 6.09. The molecule has 3 rings (SSSR count). The van der Waals surface area contributed by atoms with Gasteiger partial charge < -0.3 is 20.5 Å². The molecule has 3 aromatic rings. The van der Waals surface area contributed by atoms with Gasteiger partial charge in [-0.1, -0.05) is 44.0 Å². The lowest BCUT2D eigenvalue weighted by Gasteiger charge is -2.22. The van der Waals surface area contributed by atoms with Crippen molar-refractivity contribution in [3.8, 4) is 5.75 Å². The number of methoxy groups -OCH3 is 2. The van der Waals surface area contributed by atoms with Gasteiger partial charge >= 0.3 is 0 Å². The molecule has 0 aliphatic carbocycles. The number of tetrazole rings is 1. The molecule has 184 valence electrons. The Morgan fingerprint density at radius 3 is 2.65 bits per heavy atom. The fourth-order valence-corrected chi connectivity index (χ4v) is 4.05. The number of hydrogen-bond acceptors (Lipinski definition) is 9. The molecule has 0 saturated carbocycles. The van der Waals surface area contributed by atoms with E-state index >= 15 is 0 Å². The van der Waals surface area contributed by atoms with Gasteiger partial charge in [0.15, 0.2) is 5.82 Å². The molecule has 2 aromatic heterocycles. The molecule has 0 unspecified atom stereocenters. The van der Waals surface area contributed by atoms with Crippen molar-refractivity contribution in [3.05, 3.63) is 46.4 Å². The van der Waals surface area contributed by atoms with Gasteiger partial charge in [0.25, 0.3) is 0 Å². The molecule has 0 saturated heterocycles. The third-order valence-corrected chi connectivity index (χ3v) is 5.83. The lowest BCUT2D eigenvalue weighted by Crippen LogP contribution is -2.24. The summed E-state index contributed by atoms with van der Waals surface area (Å²) in [6, 6.07) is 6.35. The van der Waals surface area contributed by atoms with Crippen molar-refractivity contribution in [2.24, 2.45) is 0 Å². The second-order valence-corrected chi connectivity index (χ2v) is 8.30. The molecule has 4 N–H and O–H groups in total. The Bertz CT molecular complexity index is 1020. The summed E-state index contributed by atoms with van der Waals surface area (Å²) in [5.41, 5.74) is 10.2. The molecule has 0 aliphatic heterocycles. The van der Waals surface area contributed by atoms with E-state index in [4.69, 9.17) is 15.2 Å². The first-order valence-electron chi connectivity index (χ1n) is 11.9. The number of nitrogens with one attached hydrogen (secondary N) is 2. The largest absolute Gasteiger partial charge is 0.496 e. The molecule has 1 aromatic carbocycles. The highest BCUT2D eigenvalue weighted by Gasteiger charge is 2.19. The Kier molecular flexibility index (Phi) is 9.57. The molecule has 0 radical (unpaired) electrons. The minimum atomic E-state index is 0.240. The SMILES string of the molecule is CCCC[C@@H](CCOC)Nc1nc(N)nc(CC)c1Cc1cc(Cc2nn[nH]n2)ccc1OC. The molecular formula is C24H36N8O2.